The Balaban J connectivity index is 1.87. The molecular weight excluding hydrogens is 349 g/mol. The summed E-state index contributed by atoms with van der Waals surface area (Å²) in [7, 11) is 3.85. The van der Waals surface area contributed by atoms with E-state index in [9.17, 15) is 13.2 Å². The van der Waals surface area contributed by atoms with Crippen LogP contribution in [-0.4, -0.2) is 37.9 Å². The highest BCUT2D eigenvalue weighted by molar-refractivity contribution is 5.77. The summed E-state index contributed by atoms with van der Waals surface area (Å²) < 4.78 is 45.6. The van der Waals surface area contributed by atoms with Crippen LogP contribution in [0.5, 0.6) is 5.75 Å². The Morgan fingerprint density at radius 1 is 1.27 bits per heavy atom. The number of nitrogens with one attached hydrogen (secondary N) is 1. The monoisotopic (exact) mass is 370 g/mol. The number of alkyl halides is 3. The summed E-state index contributed by atoms with van der Waals surface area (Å²) in [5.41, 5.74) is 6.56. The number of nitrogens with zero attached hydrogens (tertiary/aromatic N) is 2. The molecule has 0 saturated heterocycles. The Hall–Kier alpha value is -2.68. The molecule has 1 heterocycles. The van der Waals surface area contributed by atoms with Gasteiger partial charge in [-0.15, -0.1) is 13.2 Å². The summed E-state index contributed by atoms with van der Waals surface area (Å²) >= 11 is 0. The zero-order valence-corrected chi connectivity index (χ0v) is 14.5. The number of hydrogen-bond donors (Lipinski definition) is 2. The fraction of sp³-hybridized carbons (Fsp3) is 0.353. The molecule has 26 heavy (non-hydrogen) atoms. The molecule has 0 saturated carbocycles. The Morgan fingerprint density at radius 2 is 1.96 bits per heavy atom. The van der Waals surface area contributed by atoms with Crippen LogP contribution in [0.25, 0.3) is 0 Å². The molecular formula is C17H21F3N4O2. The van der Waals surface area contributed by atoms with Crippen molar-refractivity contribution in [3.63, 3.8) is 0 Å². The number of hydrogen-bond acceptors (Lipinski definition) is 4. The Labute approximate surface area is 149 Å². The topological polar surface area (TPSA) is 76.0 Å². The van der Waals surface area contributed by atoms with Crippen molar-refractivity contribution in [2.75, 3.05) is 20.6 Å². The van der Waals surface area contributed by atoms with Crippen molar-refractivity contribution in [2.45, 2.75) is 18.9 Å². The van der Waals surface area contributed by atoms with Gasteiger partial charge >= 0.3 is 6.36 Å². The van der Waals surface area contributed by atoms with Crippen molar-refractivity contribution in [3.05, 3.63) is 54.0 Å². The summed E-state index contributed by atoms with van der Waals surface area (Å²) in [6.45, 7) is 0.729. The van der Waals surface area contributed by atoms with E-state index in [1.165, 1.54) is 24.3 Å². The van der Waals surface area contributed by atoms with Crippen molar-refractivity contribution >= 4 is 5.96 Å². The van der Waals surface area contributed by atoms with Crippen molar-refractivity contribution in [2.24, 2.45) is 10.7 Å². The van der Waals surface area contributed by atoms with E-state index in [0.717, 1.165) is 5.76 Å². The van der Waals surface area contributed by atoms with Gasteiger partial charge in [0.15, 0.2) is 5.96 Å². The highest BCUT2D eigenvalue weighted by Gasteiger charge is 2.30. The minimum absolute atomic E-state index is 0.0162. The van der Waals surface area contributed by atoms with Crippen LogP contribution in [0.2, 0.25) is 0 Å². The lowest BCUT2D eigenvalue weighted by Gasteiger charge is -2.22. The maximum atomic E-state index is 12.1. The average molecular weight is 370 g/mol. The number of rotatable bonds is 7. The van der Waals surface area contributed by atoms with Crippen LogP contribution in [0.3, 0.4) is 0 Å². The Bertz CT molecular complexity index is 698. The lowest BCUT2D eigenvalue weighted by molar-refractivity contribution is -0.274. The second kappa shape index (κ2) is 8.61. The third-order valence-electron chi connectivity index (χ3n) is 3.56. The van der Waals surface area contributed by atoms with Gasteiger partial charge in [-0.3, -0.25) is 4.90 Å². The third-order valence-corrected chi connectivity index (χ3v) is 3.56. The van der Waals surface area contributed by atoms with Crippen LogP contribution in [0.4, 0.5) is 13.2 Å². The standard InChI is InChI=1S/C17H21F3N4O2/c1-24(2)14(15-4-3-9-25-15)11-23-16(21)22-10-12-5-7-13(8-6-12)26-17(18,19)20/h3-9,14H,10-11H2,1-2H3,(H3,21,22,23). The molecule has 3 N–H and O–H groups in total. The molecule has 0 aliphatic carbocycles. The number of aliphatic imine (C=N–C) groups is 1. The fourth-order valence-electron chi connectivity index (χ4n) is 2.25. The van der Waals surface area contributed by atoms with E-state index in [0.29, 0.717) is 12.1 Å². The van der Waals surface area contributed by atoms with Crippen LogP contribution < -0.4 is 15.8 Å². The number of ether oxygens (including phenoxy) is 1. The van der Waals surface area contributed by atoms with Gasteiger partial charge in [-0.25, -0.2) is 4.99 Å². The number of halogens is 3. The van der Waals surface area contributed by atoms with E-state index in [1.54, 1.807) is 6.26 Å². The van der Waals surface area contributed by atoms with Gasteiger partial charge in [0.05, 0.1) is 18.8 Å². The molecule has 0 aliphatic rings. The molecule has 9 heteroatoms. The van der Waals surface area contributed by atoms with Crippen LogP contribution in [-0.2, 0) is 6.54 Å². The van der Waals surface area contributed by atoms with E-state index in [4.69, 9.17) is 10.2 Å². The molecule has 1 atom stereocenters. The molecule has 6 nitrogen and oxygen atoms in total. The number of furan rings is 1. The van der Waals surface area contributed by atoms with Gasteiger partial charge in [0.2, 0.25) is 0 Å². The quantitative estimate of drug-likeness (QED) is 0.579. The lowest BCUT2D eigenvalue weighted by Crippen LogP contribution is -2.38. The molecule has 2 rings (SSSR count). The number of guanidine groups is 1. The fourth-order valence-corrected chi connectivity index (χ4v) is 2.25. The van der Waals surface area contributed by atoms with Crippen LogP contribution >= 0.6 is 0 Å². The normalized spacial score (nSPS) is 13.7. The summed E-state index contributed by atoms with van der Waals surface area (Å²) in [6, 6.07) is 9.16. The van der Waals surface area contributed by atoms with Gasteiger partial charge < -0.3 is 20.2 Å². The molecule has 1 aromatic heterocycles. The van der Waals surface area contributed by atoms with Gasteiger partial charge in [0.25, 0.3) is 0 Å². The first-order valence-electron chi connectivity index (χ1n) is 7.83. The number of nitrogens with two attached hydrogens (primary N) is 1. The molecule has 0 radical (unpaired) electrons. The Morgan fingerprint density at radius 3 is 2.50 bits per heavy atom. The molecule has 1 unspecified atom stereocenters. The van der Waals surface area contributed by atoms with Gasteiger partial charge in [0, 0.05) is 6.54 Å². The van der Waals surface area contributed by atoms with Crippen LogP contribution in [0.1, 0.15) is 17.4 Å². The number of benzene rings is 1. The SMILES string of the molecule is CN(C)C(CNC(N)=NCc1ccc(OC(F)(F)F)cc1)c1ccco1. The second-order valence-electron chi connectivity index (χ2n) is 5.77. The first-order chi connectivity index (χ1) is 12.2. The van der Waals surface area contributed by atoms with Gasteiger partial charge in [-0.2, -0.15) is 0 Å². The highest BCUT2D eigenvalue weighted by atomic mass is 19.4. The molecule has 1 aromatic carbocycles. The smallest absolute Gasteiger partial charge is 0.468 e. The molecule has 0 bridgehead atoms. The molecule has 0 spiro atoms. The molecule has 0 amide bonds. The Kier molecular flexibility index (Phi) is 6.51. The summed E-state index contributed by atoms with van der Waals surface area (Å²) in [4.78, 5) is 6.17. The molecule has 0 aliphatic heterocycles. The van der Waals surface area contributed by atoms with E-state index in [-0.39, 0.29) is 24.3 Å². The van der Waals surface area contributed by atoms with Gasteiger partial charge in [-0.1, -0.05) is 12.1 Å². The summed E-state index contributed by atoms with van der Waals surface area (Å²) in [5.74, 6) is 0.762. The first-order valence-corrected chi connectivity index (χ1v) is 7.83. The van der Waals surface area contributed by atoms with Crippen LogP contribution in [0.15, 0.2) is 52.1 Å². The average Bonchev–Trinajstić information content (AvgIpc) is 3.07. The first kappa shape index (κ1) is 19.6. The lowest BCUT2D eigenvalue weighted by atomic mass is 10.2. The molecule has 142 valence electrons. The van der Waals surface area contributed by atoms with E-state index in [1.807, 2.05) is 31.1 Å². The van der Waals surface area contributed by atoms with Gasteiger partial charge in [-0.05, 0) is 43.9 Å². The van der Waals surface area contributed by atoms with Gasteiger partial charge in [0.1, 0.15) is 11.5 Å². The van der Waals surface area contributed by atoms with E-state index < -0.39 is 6.36 Å². The van der Waals surface area contributed by atoms with E-state index in [2.05, 4.69) is 15.0 Å². The van der Waals surface area contributed by atoms with Crippen molar-refractivity contribution in [3.8, 4) is 5.75 Å². The second-order valence-corrected chi connectivity index (χ2v) is 5.77. The van der Waals surface area contributed by atoms with Crippen molar-refractivity contribution in [1.29, 1.82) is 0 Å². The largest absolute Gasteiger partial charge is 0.573 e. The predicted octanol–water partition coefficient (Wildman–Crippen LogP) is 2.89. The maximum absolute atomic E-state index is 12.1. The third kappa shape index (κ3) is 6.32. The zero-order valence-electron chi connectivity index (χ0n) is 14.5. The van der Waals surface area contributed by atoms with Crippen LogP contribution in [0, 0.1) is 0 Å². The van der Waals surface area contributed by atoms with Crippen molar-refractivity contribution < 1.29 is 22.3 Å². The predicted molar refractivity (Wildman–Crippen MR) is 91.6 cm³/mol. The zero-order chi connectivity index (χ0) is 19.2. The molecule has 0 fully saturated rings. The van der Waals surface area contributed by atoms with E-state index >= 15 is 0 Å². The van der Waals surface area contributed by atoms with Crippen molar-refractivity contribution in [1.82, 2.24) is 10.2 Å². The molecule has 2 aromatic rings. The maximum Gasteiger partial charge on any atom is 0.573 e. The highest BCUT2D eigenvalue weighted by Crippen LogP contribution is 2.23. The summed E-state index contributed by atoms with van der Waals surface area (Å²) in [6.07, 6.45) is -3.10. The minimum atomic E-state index is -4.70. The summed E-state index contributed by atoms with van der Waals surface area (Å²) in [5, 5.41) is 3.02. The minimum Gasteiger partial charge on any atom is -0.468 e. The number of likely N-dealkylation sites (N-methyl/N-ethyl adjacent to an activating group) is 1.